The van der Waals surface area contributed by atoms with Crippen LogP contribution in [0.25, 0.3) is 0 Å². The van der Waals surface area contributed by atoms with E-state index in [0.29, 0.717) is 25.9 Å². The highest BCUT2D eigenvalue weighted by Gasteiger charge is 2.44. The third-order valence-electron chi connectivity index (χ3n) is 5.37. The van der Waals surface area contributed by atoms with Crippen LogP contribution in [0.3, 0.4) is 0 Å². The minimum atomic E-state index is -0.956. The van der Waals surface area contributed by atoms with Gasteiger partial charge in [-0.2, -0.15) is 0 Å². The molecule has 1 aromatic rings. The van der Waals surface area contributed by atoms with Crippen molar-refractivity contribution in [3.05, 3.63) is 35.4 Å². The summed E-state index contributed by atoms with van der Waals surface area (Å²) in [5.41, 5.74) is 0.0785. The maximum absolute atomic E-state index is 13.9. The van der Waals surface area contributed by atoms with Gasteiger partial charge in [0.25, 0.3) is 0 Å². The average molecular weight is 365 g/mol. The van der Waals surface area contributed by atoms with E-state index in [1.54, 1.807) is 4.90 Å². The SMILES string of the molecule is CN(C)CCN1C(=O)CC[C@@H]2[C@H]1CCN2C(=O)Cc1cccc(F)c1F. The van der Waals surface area contributed by atoms with Crippen LogP contribution in [0.4, 0.5) is 8.78 Å². The van der Waals surface area contributed by atoms with Crippen LogP contribution in [0, 0.1) is 11.6 Å². The maximum Gasteiger partial charge on any atom is 0.227 e. The van der Waals surface area contributed by atoms with Crippen LogP contribution in [0.2, 0.25) is 0 Å². The molecule has 2 amide bonds. The van der Waals surface area contributed by atoms with Crippen LogP contribution in [0.1, 0.15) is 24.8 Å². The van der Waals surface area contributed by atoms with Gasteiger partial charge in [0.1, 0.15) is 0 Å². The molecule has 2 heterocycles. The molecule has 0 radical (unpaired) electrons. The van der Waals surface area contributed by atoms with Crippen LogP contribution in [0.5, 0.6) is 0 Å². The van der Waals surface area contributed by atoms with Gasteiger partial charge in [-0.3, -0.25) is 9.59 Å². The molecule has 2 aliphatic heterocycles. The van der Waals surface area contributed by atoms with Gasteiger partial charge >= 0.3 is 0 Å². The van der Waals surface area contributed by atoms with E-state index in [0.717, 1.165) is 19.0 Å². The number of nitrogens with zero attached hydrogens (tertiary/aromatic N) is 3. The lowest BCUT2D eigenvalue weighted by Gasteiger charge is -2.40. The molecule has 2 saturated heterocycles. The molecule has 0 N–H and O–H groups in total. The number of halogens is 2. The van der Waals surface area contributed by atoms with Gasteiger partial charge in [0, 0.05) is 31.6 Å². The lowest BCUT2D eigenvalue weighted by Crippen LogP contribution is -2.54. The predicted molar refractivity (Wildman–Crippen MR) is 93.5 cm³/mol. The molecule has 2 atom stereocenters. The third-order valence-corrected chi connectivity index (χ3v) is 5.37. The molecule has 0 aromatic heterocycles. The van der Waals surface area contributed by atoms with Crippen molar-refractivity contribution in [3.8, 4) is 0 Å². The molecule has 0 unspecified atom stereocenters. The standard InChI is InChI=1S/C19H25F2N3O2/c1-22(2)10-11-24-16-8-9-23(15(16)6-7-17(24)25)18(26)12-13-4-3-5-14(20)19(13)21/h3-5,15-16H,6-12H2,1-2H3/t15-,16-/m1/s1. The van der Waals surface area contributed by atoms with Crippen molar-refractivity contribution in [2.75, 3.05) is 33.7 Å². The Balaban J connectivity index is 1.69. The monoisotopic (exact) mass is 365 g/mol. The Hall–Kier alpha value is -2.02. The molecule has 142 valence electrons. The molecule has 2 fully saturated rings. The van der Waals surface area contributed by atoms with Gasteiger partial charge in [0.05, 0.1) is 18.5 Å². The van der Waals surface area contributed by atoms with E-state index in [1.807, 2.05) is 23.9 Å². The van der Waals surface area contributed by atoms with E-state index in [9.17, 15) is 18.4 Å². The van der Waals surface area contributed by atoms with E-state index >= 15 is 0 Å². The van der Waals surface area contributed by atoms with Crippen molar-refractivity contribution < 1.29 is 18.4 Å². The second-order valence-electron chi connectivity index (χ2n) is 7.33. The maximum atomic E-state index is 13.9. The molecule has 26 heavy (non-hydrogen) atoms. The summed E-state index contributed by atoms with van der Waals surface area (Å²) in [5, 5.41) is 0. The van der Waals surface area contributed by atoms with Gasteiger partial charge in [-0.05, 0) is 33.0 Å². The number of hydrogen-bond acceptors (Lipinski definition) is 3. The second kappa shape index (κ2) is 7.70. The van der Waals surface area contributed by atoms with Crippen molar-refractivity contribution in [2.24, 2.45) is 0 Å². The highest BCUT2D eigenvalue weighted by Crippen LogP contribution is 2.32. The Morgan fingerprint density at radius 1 is 1.23 bits per heavy atom. The fourth-order valence-corrected chi connectivity index (χ4v) is 4.01. The molecule has 0 bridgehead atoms. The van der Waals surface area contributed by atoms with Crippen LogP contribution >= 0.6 is 0 Å². The van der Waals surface area contributed by atoms with Crippen molar-refractivity contribution >= 4 is 11.8 Å². The highest BCUT2D eigenvalue weighted by atomic mass is 19.2. The van der Waals surface area contributed by atoms with E-state index in [-0.39, 0.29) is 35.9 Å². The molecule has 1 aromatic carbocycles. The quantitative estimate of drug-likeness (QED) is 0.797. The fourth-order valence-electron chi connectivity index (χ4n) is 4.01. The molecule has 0 spiro atoms. The second-order valence-corrected chi connectivity index (χ2v) is 7.33. The Kier molecular flexibility index (Phi) is 5.55. The first-order valence-corrected chi connectivity index (χ1v) is 9.05. The third kappa shape index (κ3) is 3.72. The Bertz CT molecular complexity index is 695. The molecular weight excluding hydrogens is 340 g/mol. The van der Waals surface area contributed by atoms with Gasteiger partial charge < -0.3 is 14.7 Å². The Morgan fingerprint density at radius 2 is 2.00 bits per heavy atom. The summed E-state index contributed by atoms with van der Waals surface area (Å²) in [6.45, 7) is 1.97. The molecule has 0 saturated carbocycles. The summed E-state index contributed by atoms with van der Waals surface area (Å²) >= 11 is 0. The van der Waals surface area contributed by atoms with E-state index in [2.05, 4.69) is 0 Å². The Morgan fingerprint density at radius 3 is 2.73 bits per heavy atom. The summed E-state index contributed by atoms with van der Waals surface area (Å²) in [5.74, 6) is -1.96. The molecular formula is C19H25F2N3O2. The van der Waals surface area contributed by atoms with Gasteiger partial charge in [0.15, 0.2) is 11.6 Å². The van der Waals surface area contributed by atoms with Crippen molar-refractivity contribution in [1.29, 1.82) is 0 Å². The van der Waals surface area contributed by atoms with Crippen molar-refractivity contribution in [3.63, 3.8) is 0 Å². The number of piperidine rings is 1. The van der Waals surface area contributed by atoms with Crippen LogP contribution in [-0.2, 0) is 16.0 Å². The minimum Gasteiger partial charge on any atom is -0.337 e. The summed E-state index contributed by atoms with van der Waals surface area (Å²) < 4.78 is 27.2. The zero-order valence-corrected chi connectivity index (χ0v) is 15.3. The van der Waals surface area contributed by atoms with Crippen molar-refractivity contribution in [2.45, 2.75) is 37.8 Å². The Labute approximate surface area is 152 Å². The molecule has 7 heteroatoms. The van der Waals surface area contributed by atoms with E-state index < -0.39 is 11.6 Å². The zero-order valence-electron chi connectivity index (χ0n) is 15.3. The molecule has 3 rings (SSSR count). The first-order chi connectivity index (χ1) is 12.4. The van der Waals surface area contributed by atoms with E-state index in [1.165, 1.54) is 12.1 Å². The van der Waals surface area contributed by atoms with Crippen LogP contribution in [-0.4, -0.2) is 72.3 Å². The van der Waals surface area contributed by atoms with Gasteiger partial charge in [-0.1, -0.05) is 12.1 Å². The number of carbonyl (C=O) groups is 2. The average Bonchev–Trinajstić information content (AvgIpc) is 3.02. The summed E-state index contributed by atoms with van der Waals surface area (Å²) in [6, 6.07) is 3.90. The molecule has 0 aliphatic carbocycles. The number of benzene rings is 1. The molecule has 5 nitrogen and oxygen atoms in total. The number of rotatable bonds is 5. The number of hydrogen-bond donors (Lipinski definition) is 0. The topological polar surface area (TPSA) is 43.9 Å². The predicted octanol–water partition coefficient (Wildman–Crippen LogP) is 1.66. The summed E-state index contributed by atoms with van der Waals surface area (Å²) in [7, 11) is 3.92. The summed E-state index contributed by atoms with van der Waals surface area (Å²) in [4.78, 5) is 30.7. The largest absolute Gasteiger partial charge is 0.337 e. The lowest BCUT2D eigenvalue weighted by molar-refractivity contribution is -0.141. The number of carbonyl (C=O) groups excluding carboxylic acids is 2. The van der Waals surface area contributed by atoms with Crippen LogP contribution in [0.15, 0.2) is 18.2 Å². The number of fused-ring (bicyclic) bond motifs is 1. The first-order valence-electron chi connectivity index (χ1n) is 9.05. The lowest BCUT2D eigenvalue weighted by atomic mass is 9.96. The fraction of sp³-hybridized carbons (Fsp3) is 0.579. The number of likely N-dealkylation sites (tertiary alicyclic amines) is 2. The number of amides is 2. The van der Waals surface area contributed by atoms with Crippen LogP contribution < -0.4 is 0 Å². The van der Waals surface area contributed by atoms with Gasteiger partial charge in [-0.15, -0.1) is 0 Å². The molecule has 2 aliphatic rings. The minimum absolute atomic E-state index is 0.0255. The summed E-state index contributed by atoms with van der Waals surface area (Å²) in [6.07, 6.45) is 1.64. The van der Waals surface area contributed by atoms with Gasteiger partial charge in [-0.25, -0.2) is 8.78 Å². The first kappa shape index (κ1) is 18.8. The zero-order chi connectivity index (χ0) is 18.8. The van der Waals surface area contributed by atoms with Gasteiger partial charge in [0.2, 0.25) is 11.8 Å². The smallest absolute Gasteiger partial charge is 0.227 e. The normalized spacial score (nSPS) is 22.9. The van der Waals surface area contributed by atoms with E-state index in [4.69, 9.17) is 0 Å². The number of likely N-dealkylation sites (N-methyl/N-ethyl adjacent to an activating group) is 1. The highest BCUT2D eigenvalue weighted by molar-refractivity contribution is 5.81. The van der Waals surface area contributed by atoms with Crippen molar-refractivity contribution in [1.82, 2.24) is 14.7 Å².